The Morgan fingerprint density at radius 2 is 1.84 bits per heavy atom. The summed E-state index contributed by atoms with van der Waals surface area (Å²) < 4.78 is 1.92. The molecule has 0 aliphatic heterocycles. The molecule has 3 aromatic rings. The first-order chi connectivity index (χ1) is 11.9. The van der Waals surface area contributed by atoms with Crippen LogP contribution in [0.4, 0.5) is 11.9 Å². The number of nitrogens with zero attached hydrogens (tertiary/aromatic N) is 7. The van der Waals surface area contributed by atoms with Gasteiger partial charge in [0.1, 0.15) is 5.82 Å². The Bertz CT molecular complexity index is 878. The summed E-state index contributed by atoms with van der Waals surface area (Å²) in [5.74, 6) is 2.61. The first kappa shape index (κ1) is 17.4. The molecule has 0 atom stereocenters. The number of aromatic nitrogens is 6. The minimum atomic E-state index is 0.203. The molecule has 0 amide bonds. The van der Waals surface area contributed by atoms with E-state index in [0.29, 0.717) is 22.5 Å². The van der Waals surface area contributed by atoms with Crippen molar-refractivity contribution in [2.45, 2.75) is 10.9 Å². The van der Waals surface area contributed by atoms with E-state index in [1.165, 1.54) is 11.8 Å². The first-order valence-electron chi connectivity index (χ1n) is 7.40. The van der Waals surface area contributed by atoms with Crippen LogP contribution in [0.5, 0.6) is 0 Å². The molecular formula is C15H17ClN8S. The highest BCUT2D eigenvalue weighted by molar-refractivity contribution is 7.98. The van der Waals surface area contributed by atoms with Gasteiger partial charge in [0.05, 0.1) is 5.75 Å². The number of hydrogen-bond donors (Lipinski definition) is 1. The van der Waals surface area contributed by atoms with Gasteiger partial charge in [-0.15, -0.1) is 10.2 Å². The average molecular weight is 377 g/mol. The molecule has 130 valence electrons. The molecule has 0 saturated heterocycles. The Balaban J connectivity index is 1.77. The lowest BCUT2D eigenvalue weighted by Crippen LogP contribution is -2.16. The number of hydrogen-bond acceptors (Lipinski definition) is 8. The van der Waals surface area contributed by atoms with Crippen LogP contribution in [0.15, 0.2) is 29.4 Å². The molecule has 0 spiro atoms. The van der Waals surface area contributed by atoms with Crippen LogP contribution in [0, 0.1) is 0 Å². The molecular weight excluding hydrogens is 360 g/mol. The zero-order valence-electron chi connectivity index (χ0n) is 14.0. The quantitative estimate of drug-likeness (QED) is 0.677. The summed E-state index contributed by atoms with van der Waals surface area (Å²) in [6.45, 7) is 0. The molecule has 0 radical (unpaired) electrons. The van der Waals surface area contributed by atoms with E-state index in [-0.39, 0.29) is 5.95 Å². The standard InChI is InChI=1S/C15H17ClN8S/c1-23(2)14-19-11(18-13(17)20-14)8-25-15-22-21-12(24(15)3)9-4-6-10(16)7-5-9/h4-7H,8H2,1-3H3,(H2,17,18,19,20). The van der Waals surface area contributed by atoms with Crippen LogP contribution in [-0.4, -0.2) is 43.8 Å². The molecule has 0 bridgehead atoms. The second-order valence-corrected chi connectivity index (χ2v) is 6.84. The predicted molar refractivity (Wildman–Crippen MR) is 99.6 cm³/mol. The summed E-state index contributed by atoms with van der Waals surface area (Å²) in [6.07, 6.45) is 0. The highest BCUT2D eigenvalue weighted by Gasteiger charge is 2.13. The summed E-state index contributed by atoms with van der Waals surface area (Å²) in [5.41, 5.74) is 6.70. The molecule has 8 nitrogen and oxygen atoms in total. The molecule has 0 aliphatic rings. The zero-order chi connectivity index (χ0) is 18.0. The van der Waals surface area contributed by atoms with E-state index in [1.807, 2.05) is 50.0 Å². The molecule has 0 fully saturated rings. The van der Waals surface area contributed by atoms with Gasteiger partial charge in [0.2, 0.25) is 11.9 Å². The van der Waals surface area contributed by atoms with Crippen molar-refractivity contribution in [3.05, 3.63) is 35.1 Å². The van der Waals surface area contributed by atoms with Crippen molar-refractivity contribution >= 4 is 35.3 Å². The molecule has 3 rings (SSSR count). The Morgan fingerprint density at radius 1 is 1.12 bits per heavy atom. The van der Waals surface area contributed by atoms with E-state index in [2.05, 4.69) is 25.1 Å². The molecule has 2 aromatic heterocycles. The lowest BCUT2D eigenvalue weighted by molar-refractivity contribution is 0.792. The van der Waals surface area contributed by atoms with E-state index in [1.54, 1.807) is 4.90 Å². The fourth-order valence-electron chi connectivity index (χ4n) is 2.11. The van der Waals surface area contributed by atoms with E-state index in [4.69, 9.17) is 17.3 Å². The van der Waals surface area contributed by atoms with Crippen molar-refractivity contribution in [1.82, 2.24) is 29.7 Å². The number of nitrogen functional groups attached to an aromatic ring is 1. The SMILES string of the molecule is CN(C)c1nc(N)nc(CSc2nnc(-c3ccc(Cl)cc3)n2C)n1. The van der Waals surface area contributed by atoms with Crippen molar-refractivity contribution in [1.29, 1.82) is 0 Å². The van der Waals surface area contributed by atoms with Crippen LogP contribution < -0.4 is 10.6 Å². The Labute approximate surface area is 154 Å². The van der Waals surface area contributed by atoms with E-state index >= 15 is 0 Å². The number of rotatable bonds is 5. The maximum absolute atomic E-state index is 5.93. The lowest BCUT2D eigenvalue weighted by Gasteiger charge is -2.11. The molecule has 0 aliphatic carbocycles. The van der Waals surface area contributed by atoms with Crippen LogP contribution in [0.25, 0.3) is 11.4 Å². The zero-order valence-corrected chi connectivity index (χ0v) is 15.6. The Kier molecular flexibility index (Phi) is 5.05. The van der Waals surface area contributed by atoms with E-state index in [0.717, 1.165) is 16.5 Å². The van der Waals surface area contributed by atoms with Gasteiger partial charge in [0, 0.05) is 31.7 Å². The third-order valence-electron chi connectivity index (χ3n) is 3.35. The van der Waals surface area contributed by atoms with Gasteiger partial charge < -0.3 is 15.2 Å². The maximum atomic E-state index is 5.93. The fraction of sp³-hybridized carbons (Fsp3) is 0.267. The van der Waals surface area contributed by atoms with E-state index < -0.39 is 0 Å². The van der Waals surface area contributed by atoms with E-state index in [9.17, 15) is 0 Å². The monoisotopic (exact) mass is 376 g/mol. The molecule has 2 heterocycles. The van der Waals surface area contributed by atoms with Crippen molar-refractivity contribution in [3.63, 3.8) is 0 Å². The summed E-state index contributed by atoms with van der Waals surface area (Å²) in [6, 6.07) is 7.48. The smallest absolute Gasteiger partial charge is 0.229 e. The van der Waals surface area contributed by atoms with Crippen LogP contribution in [0.1, 0.15) is 5.82 Å². The topological polar surface area (TPSA) is 98.6 Å². The van der Waals surface area contributed by atoms with Gasteiger partial charge >= 0.3 is 0 Å². The van der Waals surface area contributed by atoms with Crippen molar-refractivity contribution in [3.8, 4) is 11.4 Å². The van der Waals surface area contributed by atoms with Gasteiger partial charge in [-0.25, -0.2) is 0 Å². The van der Waals surface area contributed by atoms with Crippen molar-refractivity contribution in [2.75, 3.05) is 24.7 Å². The molecule has 2 N–H and O–H groups in total. The van der Waals surface area contributed by atoms with Crippen LogP contribution in [-0.2, 0) is 12.8 Å². The van der Waals surface area contributed by atoms with Gasteiger partial charge in [-0.1, -0.05) is 23.4 Å². The van der Waals surface area contributed by atoms with Gasteiger partial charge in [-0.05, 0) is 24.3 Å². The highest BCUT2D eigenvalue weighted by Crippen LogP contribution is 2.25. The summed E-state index contributed by atoms with van der Waals surface area (Å²) >= 11 is 7.41. The largest absolute Gasteiger partial charge is 0.368 e. The second kappa shape index (κ2) is 7.24. The molecule has 1 aromatic carbocycles. The number of thioether (sulfide) groups is 1. The molecule has 25 heavy (non-hydrogen) atoms. The minimum Gasteiger partial charge on any atom is -0.368 e. The van der Waals surface area contributed by atoms with Crippen LogP contribution >= 0.6 is 23.4 Å². The molecule has 0 unspecified atom stereocenters. The predicted octanol–water partition coefficient (Wildman–Crippen LogP) is 2.26. The van der Waals surface area contributed by atoms with Crippen molar-refractivity contribution in [2.24, 2.45) is 7.05 Å². The van der Waals surface area contributed by atoms with Gasteiger partial charge in [0.25, 0.3) is 0 Å². The summed E-state index contributed by atoms with van der Waals surface area (Å²) in [7, 11) is 5.62. The lowest BCUT2D eigenvalue weighted by atomic mass is 10.2. The second-order valence-electron chi connectivity index (χ2n) is 5.47. The minimum absolute atomic E-state index is 0.203. The number of halogens is 1. The number of anilines is 2. The molecule has 0 saturated carbocycles. The third-order valence-corrected chi connectivity index (χ3v) is 4.62. The number of nitrogens with two attached hydrogens (primary N) is 1. The Morgan fingerprint density at radius 3 is 2.52 bits per heavy atom. The summed E-state index contributed by atoms with van der Waals surface area (Å²) in [4.78, 5) is 14.4. The highest BCUT2D eigenvalue weighted by atomic mass is 35.5. The molecule has 10 heteroatoms. The van der Waals surface area contributed by atoms with Crippen LogP contribution in [0.3, 0.4) is 0 Å². The number of benzene rings is 1. The first-order valence-corrected chi connectivity index (χ1v) is 8.76. The average Bonchev–Trinajstić information content (AvgIpc) is 2.94. The fourth-order valence-corrected chi connectivity index (χ4v) is 3.00. The van der Waals surface area contributed by atoms with Gasteiger partial charge in [-0.2, -0.15) is 15.0 Å². The van der Waals surface area contributed by atoms with Crippen LogP contribution in [0.2, 0.25) is 5.02 Å². The Hall–Kier alpha value is -2.39. The normalized spacial score (nSPS) is 10.9. The third kappa shape index (κ3) is 3.99. The summed E-state index contributed by atoms with van der Waals surface area (Å²) in [5, 5.41) is 9.94. The van der Waals surface area contributed by atoms with Gasteiger partial charge in [0.15, 0.2) is 11.0 Å². The van der Waals surface area contributed by atoms with Crippen molar-refractivity contribution < 1.29 is 0 Å². The maximum Gasteiger partial charge on any atom is 0.229 e. The van der Waals surface area contributed by atoms with Gasteiger partial charge in [-0.3, -0.25) is 0 Å².